The van der Waals surface area contributed by atoms with Crippen LogP contribution in [0.4, 0.5) is 10.1 Å². The van der Waals surface area contributed by atoms with Gasteiger partial charge in [-0.25, -0.2) is 4.39 Å². The summed E-state index contributed by atoms with van der Waals surface area (Å²) in [5.41, 5.74) is 3.95. The van der Waals surface area contributed by atoms with Crippen molar-refractivity contribution in [1.82, 2.24) is 4.90 Å². The van der Waals surface area contributed by atoms with Gasteiger partial charge in [0.05, 0.1) is 5.92 Å². The first-order chi connectivity index (χ1) is 13.8. The molecule has 0 bridgehead atoms. The summed E-state index contributed by atoms with van der Waals surface area (Å²) in [7, 11) is 0. The van der Waals surface area contributed by atoms with E-state index in [1.807, 2.05) is 18.2 Å². The Morgan fingerprint density at radius 1 is 1.07 bits per heavy atom. The molecule has 1 N–H and O–H groups in total. The number of nitrogens with one attached hydrogen (secondary N) is 1. The van der Waals surface area contributed by atoms with Crippen LogP contribution >= 0.6 is 0 Å². The largest absolute Gasteiger partial charge is 0.338 e. The highest BCUT2D eigenvalue weighted by atomic mass is 19.1. The molecule has 2 aromatic rings. The van der Waals surface area contributed by atoms with Crippen molar-refractivity contribution in [2.45, 2.75) is 52.5 Å². The summed E-state index contributed by atoms with van der Waals surface area (Å²) in [6.45, 7) is 9.21. The third-order valence-electron chi connectivity index (χ3n) is 5.49. The van der Waals surface area contributed by atoms with Crippen molar-refractivity contribution in [2.24, 2.45) is 5.92 Å². The molecule has 1 aliphatic rings. The highest BCUT2D eigenvalue weighted by Crippen LogP contribution is 2.33. The van der Waals surface area contributed by atoms with E-state index < -0.39 is 0 Å². The van der Waals surface area contributed by atoms with Crippen LogP contribution in [0.1, 0.15) is 62.6 Å². The average Bonchev–Trinajstić information content (AvgIpc) is 3.04. The number of para-hydroxylation sites is 1. The fourth-order valence-electron chi connectivity index (χ4n) is 3.83. The maximum atomic E-state index is 13.1. The van der Waals surface area contributed by atoms with E-state index in [1.54, 1.807) is 17.0 Å². The van der Waals surface area contributed by atoms with E-state index in [4.69, 9.17) is 0 Å². The molecule has 29 heavy (non-hydrogen) atoms. The van der Waals surface area contributed by atoms with Gasteiger partial charge in [0.25, 0.3) is 0 Å². The van der Waals surface area contributed by atoms with E-state index in [0.29, 0.717) is 13.1 Å². The van der Waals surface area contributed by atoms with E-state index in [9.17, 15) is 14.0 Å². The molecule has 0 saturated carbocycles. The van der Waals surface area contributed by atoms with Crippen molar-refractivity contribution in [1.29, 1.82) is 0 Å². The second-order valence-corrected chi connectivity index (χ2v) is 8.41. The number of likely N-dealkylation sites (tertiary alicyclic amines) is 1. The van der Waals surface area contributed by atoms with Crippen LogP contribution in [0.25, 0.3) is 0 Å². The van der Waals surface area contributed by atoms with Gasteiger partial charge in [0, 0.05) is 25.2 Å². The second kappa shape index (κ2) is 8.76. The Morgan fingerprint density at radius 3 is 2.21 bits per heavy atom. The third kappa shape index (κ3) is 4.84. The fraction of sp³-hybridized carbons (Fsp3) is 0.417. The number of anilines is 1. The fourth-order valence-corrected chi connectivity index (χ4v) is 3.83. The first-order valence-electron chi connectivity index (χ1n) is 10.2. The predicted molar refractivity (Wildman–Crippen MR) is 113 cm³/mol. The number of halogens is 1. The van der Waals surface area contributed by atoms with Crippen LogP contribution in [0, 0.1) is 11.7 Å². The van der Waals surface area contributed by atoms with Crippen LogP contribution < -0.4 is 5.32 Å². The zero-order chi connectivity index (χ0) is 21.1. The molecule has 1 atom stereocenters. The SMILES string of the molecule is CC(C)c1cccc(C(C)C)c1NC(=O)C1CC(=O)N(Cc2ccc(F)cc2)C1. The molecule has 2 aromatic carbocycles. The number of carbonyl (C=O) groups is 2. The van der Waals surface area contributed by atoms with Gasteiger partial charge in [-0.3, -0.25) is 9.59 Å². The molecule has 4 nitrogen and oxygen atoms in total. The van der Waals surface area contributed by atoms with E-state index >= 15 is 0 Å². The molecule has 1 fully saturated rings. The summed E-state index contributed by atoms with van der Waals surface area (Å²) in [4.78, 5) is 27.1. The lowest BCUT2D eigenvalue weighted by Crippen LogP contribution is -2.28. The normalized spacial score (nSPS) is 16.7. The predicted octanol–water partition coefficient (Wildman–Crippen LogP) is 5.06. The van der Waals surface area contributed by atoms with E-state index in [2.05, 4.69) is 33.0 Å². The van der Waals surface area contributed by atoms with E-state index in [-0.39, 0.29) is 41.8 Å². The molecular weight excluding hydrogens is 367 g/mol. The summed E-state index contributed by atoms with van der Waals surface area (Å²) in [6, 6.07) is 12.2. The zero-order valence-electron chi connectivity index (χ0n) is 17.5. The molecule has 3 rings (SSSR count). The maximum Gasteiger partial charge on any atom is 0.229 e. The Bertz CT molecular complexity index is 864. The van der Waals surface area contributed by atoms with Gasteiger partial charge in [0.1, 0.15) is 5.82 Å². The number of nitrogens with zero attached hydrogens (tertiary/aromatic N) is 1. The number of hydrogen-bond acceptors (Lipinski definition) is 2. The molecule has 2 amide bonds. The Hall–Kier alpha value is -2.69. The highest BCUT2D eigenvalue weighted by molar-refractivity contribution is 5.98. The van der Waals surface area contributed by atoms with Gasteiger partial charge < -0.3 is 10.2 Å². The summed E-state index contributed by atoms with van der Waals surface area (Å²) in [5, 5.41) is 3.13. The highest BCUT2D eigenvalue weighted by Gasteiger charge is 2.34. The average molecular weight is 397 g/mol. The lowest BCUT2D eigenvalue weighted by Gasteiger charge is -2.22. The zero-order valence-corrected chi connectivity index (χ0v) is 17.5. The lowest BCUT2D eigenvalue weighted by molar-refractivity contribution is -0.128. The standard InChI is InChI=1S/C24H29FN2O2/c1-15(2)20-6-5-7-21(16(3)4)23(20)26-24(29)18-12-22(28)27(14-18)13-17-8-10-19(25)11-9-17/h5-11,15-16,18H,12-14H2,1-4H3,(H,26,29). The molecule has 0 radical (unpaired) electrons. The third-order valence-corrected chi connectivity index (χ3v) is 5.49. The molecule has 1 aliphatic heterocycles. The first-order valence-corrected chi connectivity index (χ1v) is 10.2. The number of benzene rings is 2. The second-order valence-electron chi connectivity index (χ2n) is 8.41. The van der Waals surface area contributed by atoms with E-state index in [1.165, 1.54) is 12.1 Å². The molecule has 0 aromatic heterocycles. The van der Waals surface area contributed by atoms with Gasteiger partial charge in [-0.05, 0) is 40.7 Å². The van der Waals surface area contributed by atoms with Crippen molar-refractivity contribution in [3.05, 3.63) is 65.0 Å². The number of hydrogen-bond donors (Lipinski definition) is 1. The number of amides is 2. The van der Waals surface area contributed by atoms with Crippen molar-refractivity contribution < 1.29 is 14.0 Å². The molecule has 0 aliphatic carbocycles. The smallest absolute Gasteiger partial charge is 0.229 e. The van der Waals surface area contributed by atoms with Crippen LogP contribution in [0.15, 0.2) is 42.5 Å². The molecule has 5 heteroatoms. The summed E-state index contributed by atoms with van der Waals surface area (Å²) in [5.74, 6) is -0.286. The first kappa shape index (κ1) is 21.0. The molecule has 1 unspecified atom stereocenters. The summed E-state index contributed by atoms with van der Waals surface area (Å²) >= 11 is 0. The van der Waals surface area contributed by atoms with Crippen LogP contribution in [-0.2, 0) is 16.1 Å². The van der Waals surface area contributed by atoms with Crippen LogP contribution in [0.3, 0.4) is 0 Å². The maximum absolute atomic E-state index is 13.1. The van der Waals surface area contributed by atoms with Crippen LogP contribution in [-0.4, -0.2) is 23.3 Å². The van der Waals surface area contributed by atoms with Gasteiger partial charge in [-0.15, -0.1) is 0 Å². The van der Waals surface area contributed by atoms with Crippen LogP contribution in [0.5, 0.6) is 0 Å². The Morgan fingerprint density at radius 2 is 1.66 bits per heavy atom. The molecule has 1 saturated heterocycles. The van der Waals surface area contributed by atoms with Crippen molar-refractivity contribution in [3.63, 3.8) is 0 Å². The Labute approximate surface area is 172 Å². The summed E-state index contributed by atoms with van der Waals surface area (Å²) in [6.07, 6.45) is 0.202. The van der Waals surface area contributed by atoms with Crippen molar-refractivity contribution in [3.8, 4) is 0 Å². The van der Waals surface area contributed by atoms with E-state index in [0.717, 1.165) is 22.4 Å². The Balaban J connectivity index is 1.73. The van der Waals surface area contributed by atoms with Crippen LogP contribution in [0.2, 0.25) is 0 Å². The van der Waals surface area contributed by atoms with Gasteiger partial charge in [0.2, 0.25) is 11.8 Å². The van der Waals surface area contributed by atoms with Gasteiger partial charge in [-0.1, -0.05) is 58.0 Å². The molecular formula is C24H29FN2O2. The minimum absolute atomic E-state index is 0.0456. The minimum Gasteiger partial charge on any atom is -0.338 e. The van der Waals surface area contributed by atoms with Crippen molar-refractivity contribution in [2.75, 3.05) is 11.9 Å². The quantitative estimate of drug-likeness (QED) is 0.742. The topological polar surface area (TPSA) is 49.4 Å². The van der Waals surface area contributed by atoms with Gasteiger partial charge >= 0.3 is 0 Å². The number of rotatable bonds is 6. The Kier molecular flexibility index (Phi) is 6.36. The minimum atomic E-state index is -0.386. The monoisotopic (exact) mass is 396 g/mol. The van der Waals surface area contributed by atoms with Crippen molar-refractivity contribution >= 4 is 17.5 Å². The summed E-state index contributed by atoms with van der Waals surface area (Å²) < 4.78 is 13.1. The molecule has 1 heterocycles. The van der Waals surface area contributed by atoms with Gasteiger partial charge in [-0.2, -0.15) is 0 Å². The lowest BCUT2D eigenvalue weighted by atomic mass is 9.92. The number of carbonyl (C=O) groups excluding carboxylic acids is 2. The molecule has 0 spiro atoms. The molecule has 154 valence electrons. The van der Waals surface area contributed by atoms with Gasteiger partial charge in [0.15, 0.2) is 0 Å².